The Morgan fingerprint density at radius 3 is 2.82 bits per heavy atom. The first-order valence-corrected chi connectivity index (χ1v) is 5.48. The van der Waals surface area contributed by atoms with Gasteiger partial charge in [0.25, 0.3) is 0 Å². The Morgan fingerprint density at radius 1 is 1.29 bits per heavy atom. The first kappa shape index (κ1) is 11.6. The van der Waals surface area contributed by atoms with Crippen LogP contribution in [0.15, 0.2) is 24.3 Å². The van der Waals surface area contributed by atoms with Gasteiger partial charge < -0.3 is 15.3 Å². The number of aliphatic hydroxyl groups excluding tert-OH is 1. The molecule has 0 bridgehead atoms. The predicted octanol–water partition coefficient (Wildman–Crippen LogP) is -0.316. The fourth-order valence-electron chi connectivity index (χ4n) is 1.88. The van der Waals surface area contributed by atoms with Crippen LogP contribution in [0.1, 0.15) is 5.56 Å². The molecule has 2 N–H and O–H groups in total. The molecule has 90 valence electrons. The van der Waals surface area contributed by atoms with Crippen LogP contribution >= 0.6 is 0 Å². The van der Waals surface area contributed by atoms with E-state index in [1.54, 1.807) is 6.07 Å². The van der Waals surface area contributed by atoms with Crippen LogP contribution < -0.4 is 10.2 Å². The molecular weight excluding hydrogens is 220 g/mol. The van der Waals surface area contributed by atoms with E-state index < -0.39 is 0 Å². The van der Waals surface area contributed by atoms with Gasteiger partial charge in [0.2, 0.25) is 11.8 Å². The molecule has 17 heavy (non-hydrogen) atoms. The maximum absolute atomic E-state index is 11.7. The van der Waals surface area contributed by atoms with Crippen LogP contribution in [-0.4, -0.2) is 36.6 Å². The van der Waals surface area contributed by atoms with E-state index in [-0.39, 0.29) is 31.5 Å². The topological polar surface area (TPSA) is 69.6 Å². The molecular formula is C12H14N2O3. The lowest BCUT2D eigenvalue weighted by molar-refractivity contribution is -0.128. The third-order valence-corrected chi connectivity index (χ3v) is 2.70. The minimum atomic E-state index is -0.164. The average molecular weight is 234 g/mol. The number of hydrogen-bond donors (Lipinski definition) is 2. The van der Waals surface area contributed by atoms with Gasteiger partial charge >= 0.3 is 0 Å². The number of rotatable bonds is 3. The summed E-state index contributed by atoms with van der Waals surface area (Å²) in [5, 5.41) is 11.5. The van der Waals surface area contributed by atoms with Crippen LogP contribution in [-0.2, 0) is 16.0 Å². The Balaban J connectivity index is 2.31. The minimum Gasteiger partial charge on any atom is -0.396 e. The van der Waals surface area contributed by atoms with Gasteiger partial charge in [-0.15, -0.1) is 0 Å². The third-order valence-electron chi connectivity index (χ3n) is 2.70. The highest BCUT2D eigenvalue weighted by Gasteiger charge is 2.25. The second kappa shape index (κ2) is 4.97. The van der Waals surface area contributed by atoms with Gasteiger partial charge in [-0.25, -0.2) is 0 Å². The summed E-state index contributed by atoms with van der Waals surface area (Å²) in [6.07, 6.45) is 0.474. The summed E-state index contributed by atoms with van der Waals surface area (Å²) in [6.45, 7) is 0.0960. The average Bonchev–Trinajstić information content (AvgIpc) is 2.34. The molecule has 1 aliphatic rings. The van der Waals surface area contributed by atoms with Gasteiger partial charge in [0.05, 0.1) is 6.54 Å². The number of nitrogens with zero attached hydrogens (tertiary/aromatic N) is 1. The number of aliphatic hydroxyl groups is 1. The van der Waals surface area contributed by atoms with Crippen molar-refractivity contribution in [3.8, 4) is 0 Å². The molecule has 2 amide bonds. The van der Waals surface area contributed by atoms with Gasteiger partial charge in [-0.1, -0.05) is 18.2 Å². The molecule has 1 aromatic rings. The SMILES string of the molecule is O=C1CN(c2ccccc2CCO)C(=O)CN1. The second-order valence-electron chi connectivity index (χ2n) is 3.86. The van der Waals surface area contributed by atoms with Gasteiger partial charge in [0.1, 0.15) is 6.54 Å². The van der Waals surface area contributed by atoms with Gasteiger partial charge in [0, 0.05) is 12.3 Å². The number of hydrogen-bond acceptors (Lipinski definition) is 3. The molecule has 1 fully saturated rings. The zero-order valence-electron chi connectivity index (χ0n) is 9.35. The van der Waals surface area contributed by atoms with Crippen molar-refractivity contribution in [2.75, 3.05) is 24.6 Å². The molecule has 0 saturated carbocycles. The van der Waals surface area contributed by atoms with E-state index in [1.165, 1.54) is 4.90 Å². The lowest BCUT2D eigenvalue weighted by Crippen LogP contribution is -2.52. The molecule has 2 rings (SSSR count). The number of carbonyl (C=O) groups excluding carboxylic acids is 2. The molecule has 0 atom stereocenters. The van der Waals surface area contributed by atoms with E-state index in [0.717, 1.165) is 5.56 Å². The first-order valence-electron chi connectivity index (χ1n) is 5.48. The van der Waals surface area contributed by atoms with Crippen molar-refractivity contribution >= 4 is 17.5 Å². The zero-order chi connectivity index (χ0) is 12.3. The molecule has 1 heterocycles. The van der Waals surface area contributed by atoms with Crippen molar-refractivity contribution in [2.45, 2.75) is 6.42 Å². The van der Waals surface area contributed by atoms with E-state index in [0.29, 0.717) is 12.1 Å². The van der Waals surface area contributed by atoms with Crippen molar-refractivity contribution in [1.82, 2.24) is 5.32 Å². The van der Waals surface area contributed by atoms with Crippen molar-refractivity contribution in [1.29, 1.82) is 0 Å². The highest BCUT2D eigenvalue weighted by molar-refractivity contribution is 6.04. The monoisotopic (exact) mass is 234 g/mol. The summed E-state index contributed by atoms with van der Waals surface area (Å²) in [5.41, 5.74) is 1.58. The number of benzene rings is 1. The number of nitrogens with one attached hydrogen (secondary N) is 1. The van der Waals surface area contributed by atoms with Gasteiger partial charge in [0.15, 0.2) is 0 Å². The fraction of sp³-hybridized carbons (Fsp3) is 0.333. The molecule has 0 radical (unpaired) electrons. The molecule has 5 nitrogen and oxygen atoms in total. The Bertz CT molecular complexity index is 445. The van der Waals surface area contributed by atoms with E-state index in [9.17, 15) is 9.59 Å². The molecule has 1 aromatic carbocycles. The quantitative estimate of drug-likeness (QED) is 0.753. The lowest BCUT2D eigenvalue weighted by atomic mass is 10.1. The molecule has 0 unspecified atom stereocenters. The Hall–Kier alpha value is -1.88. The number of amides is 2. The minimum absolute atomic E-state index is 0.0191. The van der Waals surface area contributed by atoms with Crippen molar-refractivity contribution in [2.24, 2.45) is 0 Å². The molecule has 1 aliphatic heterocycles. The summed E-state index contributed by atoms with van der Waals surface area (Å²) in [7, 11) is 0. The van der Waals surface area contributed by atoms with E-state index in [4.69, 9.17) is 5.11 Å². The van der Waals surface area contributed by atoms with Crippen LogP contribution in [0.4, 0.5) is 5.69 Å². The molecule has 5 heteroatoms. The molecule has 0 aromatic heterocycles. The van der Waals surface area contributed by atoms with Crippen LogP contribution in [0, 0.1) is 0 Å². The molecule has 0 aliphatic carbocycles. The Kier molecular flexibility index (Phi) is 3.39. The van der Waals surface area contributed by atoms with Crippen molar-refractivity contribution < 1.29 is 14.7 Å². The summed E-state index contributed by atoms with van der Waals surface area (Å²) in [4.78, 5) is 24.5. The summed E-state index contributed by atoms with van der Waals surface area (Å²) in [5.74, 6) is -0.293. The maximum Gasteiger partial charge on any atom is 0.246 e. The van der Waals surface area contributed by atoms with E-state index in [2.05, 4.69) is 5.32 Å². The lowest BCUT2D eigenvalue weighted by Gasteiger charge is -2.28. The number of carbonyl (C=O) groups is 2. The predicted molar refractivity (Wildman–Crippen MR) is 62.6 cm³/mol. The summed E-state index contributed by atoms with van der Waals surface area (Å²) < 4.78 is 0. The highest BCUT2D eigenvalue weighted by Crippen LogP contribution is 2.21. The largest absolute Gasteiger partial charge is 0.396 e. The third kappa shape index (κ3) is 2.45. The van der Waals surface area contributed by atoms with Crippen LogP contribution in [0.2, 0.25) is 0 Å². The Morgan fingerprint density at radius 2 is 2.06 bits per heavy atom. The number of piperazine rings is 1. The van der Waals surface area contributed by atoms with E-state index >= 15 is 0 Å². The first-order chi connectivity index (χ1) is 8.22. The summed E-state index contributed by atoms with van der Waals surface area (Å²) >= 11 is 0. The van der Waals surface area contributed by atoms with Gasteiger partial charge in [-0.3, -0.25) is 9.59 Å². The van der Waals surface area contributed by atoms with Crippen molar-refractivity contribution in [3.63, 3.8) is 0 Å². The fourth-order valence-corrected chi connectivity index (χ4v) is 1.88. The smallest absolute Gasteiger partial charge is 0.246 e. The van der Waals surface area contributed by atoms with Gasteiger partial charge in [-0.2, -0.15) is 0 Å². The molecule has 0 spiro atoms. The second-order valence-corrected chi connectivity index (χ2v) is 3.86. The Labute approximate surface area is 99.0 Å². The van der Waals surface area contributed by atoms with E-state index in [1.807, 2.05) is 18.2 Å². The van der Waals surface area contributed by atoms with Gasteiger partial charge in [-0.05, 0) is 18.1 Å². The zero-order valence-corrected chi connectivity index (χ0v) is 9.35. The normalized spacial score (nSPS) is 15.9. The van der Waals surface area contributed by atoms with Crippen LogP contribution in [0.25, 0.3) is 0 Å². The van der Waals surface area contributed by atoms with Crippen LogP contribution in [0.5, 0.6) is 0 Å². The standard InChI is InChI=1S/C12H14N2O3/c15-6-5-9-3-1-2-4-10(9)14-8-11(16)13-7-12(14)17/h1-4,15H,5-8H2,(H,13,16). The van der Waals surface area contributed by atoms with Crippen LogP contribution in [0.3, 0.4) is 0 Å². The summed E-state index contributed by atoms with van der Waals surface area (Å²) in [6, 6.07) is 7.31. The number of anilines is 1. The number of para-hydroxylation sites is 1. The molecule has 1 saturated heterocycles. The maximum atomic E-state index is 11.7. The highest BCUT2D eigenvalue weighted by atomic mass is 16.3. The van der Waals surface area contributed by atoms with Crippen molar-refractivity contribution in [3.05, 3.63) is 29.8 Å².